The summed E-state index contributed by atoms with van der Waals surface area (Å²) in [5.41, 5.74) is 11.2. The van der Waals surface area contributed by atoms with Gasteiger partial charge in [-0.3, -0.25) is 0 Å². The first kappa shape index (κ1) is 31.2. The second kappa shape index (κ2) is 12.6. The van der Waals surface area contributed by atoms with E-state index in [1.54, 1.807) is 0 Å². The van der Waals surface area contributed by atoms with Gasteiger partial charge in [-0.15, -0.1) is 0 Å². The summed E-state index contributed by atoms with van der Waals surface area (Å²) in [6.45, 7) is 0. The van der Waals surface area contributed by atoms with Crippen LogP contribution in [0, 0.1) is 0 Å². The standard InChI is InChI=1S/C52H32N2O/c1-2-12-35(13-3-1)47-32-48(36-23-21-34(22-24-36)42-18-10-19-45-43-17-8-9-20-49(43)55-51(42)45)54-52(53-47)38-27-25-37(26-28-38)50-41-16-7-5-14-39(41)31-46-40-15-6-4-11-33(40)29-30-44(46)50/h1-32H. The van der Waals surface area contributed by atoms with Crippen molar-refractivity contribution in [1.82, 2.24) is 9.97 Å². The summed E-state index contributed by atoms with van der Waals surface area (Å²) >= 11 is 0. The number of benzene rings is 9. The Kier molecular flexibility index (Phi) is 7.17. The minimum Gasteiger partial charge on any atom is -0.455 e. The van der Waals surface area contributed by atoms with Gasteiger partial charge in [0.05, 0.1) is 11.4 Å². The summed E-state index contributed by atoms with van der Waals surface area (Å²) in [6, 6.07) is 68.6. The Morgan fingerprint density at radius 3 is 1.73 bits per heavy atom. The van der Waals surface area contributed by atoms with E-state index in [1.807, 2.05) is 18.2 Å². The van der Waals surface area contributed by atoms with Crippen LogP contribution in [0.15, 0.2) is 199 Å². The molecule has 0 aliphatic rings. The molecule has 0 unspecified atom stereocenters. The van der Waals surface area contributed by atoms with Gasteiger partial charge in [-0.2, -0.15) is 0 Å². The predicted octanol–water partition coefficient (Wildman–Crippen LogP) is 14.2. The molecule has 0 atom stereocenters. The van der Waals surface area contributed by atoms with Crippen LogP contribution in [0.2, 0.25) is 0 Å². The van der Waals surface area contributed by atoms with Gasteiger partial charge in [0.1, 0.15) is 11.2 Å². The Morgan fingerprint density at radius 1 is 0.327 bits per heavy atom. The molecule has 0 aliphatic carbocycles. The number of aromatic nitrogens is 2. The zero-order chi connectivity index (χ0) is 36.3. The minimum absolute atomic E-state index is 0.688. The van der Waals surface area contributed by atoms with Crippen molar-refractivity contribution in [2.24, 2.45) is 0 Å². The Labute approximate surface area is 317 Å². The summed E-state index contributed by atoms with van der Waals surface area (Å²) in [7, 11) is 0. The number of hydrogen-bond donors (Lipinski definition) is 0. The normalized spacial score (nSPS) is 11.6. The Morgan fingerprint density at radius 2 is 0.927 bits per heavy atom. The number of hydrogen-bond acceptors (Lipinski definition) is 3. The van der Waals surface area contributed by atoms with E-state index in [2.05, 4.69) is 176 Å². The van der Waals surface area contributed by atoms with Crippen molar-refractivity contribution in [2.45, 2.75) is 0 Å². The van der Waals surface area contributed by atoms with Crippen LogP contribution in [-0.2, 0) is 0 Å². The molecule has 0 radical (unpaired) electrons. The first-order chi connectivity index (χ1) is 27.2. The first-order valence-electron chi connectivity index (χ1n) is 18.6. The number of nitrogens with zero attached hydrogens (tertiary/aromatic N) is 2. The van der Waals surface area contributed by atoms with Crippen molar-refractivity contribution in [3.05, 3.63) is 194 Å². The molecule has 3 nitrogen and oxygen atoms in total. The highest BCUT2D eigenvalue weighted by molar-refractivity contribution is 6.20. The van der Waals surface area contributed by atoms with Gasteiger partial charge in [-0.05, 0) is 67.2 Å². The summed E-state index contributed by atoms with van der Waals surface area (Å²) in [4.78, 5) is 10.3. The van der Waals surface area contributed by atoms with E-state index in [1.165, 1.54) is 37.9 Å². The van der Waals surface area contributed by atoms with Crippen LogP contribution in [0.5, 0.6) is 0 Å². The van der Waals surface area contributed by atoms with E-state index >= 15 is 0 Å². The molecular weight excluding hydrogens is 669 g/mol. The van der Waals surface area contributed by atoms with Crippen molar-refractivity contribution >= 4 is 54.3 Å². The van der Waals surface area contributed by atoms with E-state index in [-0.39, 0.29) is 0 Å². The van der Waals surface area contributed by atoms with Crippen LogP contribution in [0.1, 0.15) is 0 Å². The van der Waals surface area contributed by atoms with Gasteiger partial charge < -0.3 is 4.42 Å². The quantitative estimate of drug-likeness (QED) is 0.133. The Hall–Kier alpha value is -7.36. The lowest BCUT2D eigenvalue weighted by Crippen LogP contribution is -1.96. The fourth-order valence-corrected chi connectivity index (χ4v) is 8.19. The third kappa shape index (κ3) is 5.28. The molecule has 0 bridgehead atoms. The van der Waals surface area contributed by atoms with Crippen molar-refractivity contribution in [3.63, 3.8) is 0 Å². The van der Waals surface area contributed by atoms with E-state index in [9.17, 15) is 0 Å². The highest BCUT2D eigenvalue weighted by Gasteiger charge is 2.16. The average molecular weight is 701 g/mol. The maximum atomic E-state index is 6.36. The van der Waals surface area contributed by atoms with Crippen molar-refractivity contribution in [3.8, 4) is 56.2 Å². The third-order valence-electron chi connectivity index (χ3n) is 10.9. The molecule has 0 saturated carbocycles. The van der Waals surface area contributed by atoms with Gasteiger partial charge in [-0.25, -0.2) is 9.97 Å². The largest absolute Gasteiger partial charge is 0.455 e. The fourth-order valence-electron chi connectivity index (χ4n) is 8.19. The average Bonchev–Trinajstić information content (AvgIpc) is 3.65. The monoisotopic (exact) mass is 700 g/mol. The van der Waals surface area contributed by atoms with Crippen LogP contribution in [0.25, 0.3) is 110 Å². The fraction of sp³-hybridized carbons (Fsp3) is 0. The van der Waals surface area contributed by atoms with E-state index < -0.39 is 0 Å². The molecule has 9 aromatic carbocycles. The van der Waals surface area contributed by atoms with E-state index in [0.717, 1.165) is 66.7 Å². The maximum Gasteiger partial charge on any atom is 0.160 e. The molecule has 256 valence electrons. The highest BCUT2D eigenvalue weighted by atomic mass is 16.3. The molecule has 0 N–H and O–H groups in total. The highest BCUT2D eigenvalue weighted by Crippen LogP contribution is 2.41. The molecule has 2 heterocycles. The lowest BCUT2D eigenvalue weighted by Gasteiger charge is -2.15. The molecule has 2 aromatic heterocycles. The second-order valence-electron chi connectivity index (χ2n) is 14.1. The summed E-state index contributed by atoms with van der Waals surface area (Å²) in [5, 5.41) is 9.74. The molecule has 0 amide bonds. The summed E-state index contributed by atoms with van der Waals surface area (Å²) in [5.74, 6) is 0.688. The minimum atomic E-state index is 0.688. The number of fused-ring (bicyclic) bond motifs is 7. The molecule has 3 heteroatoms. The number of para-hydroxylation sites is 2. The molecule has 0 spiro atoms. The van der Waals surface area contributed by atoms with Gasteiger partial charge in [0.25, 0.3) is 0 Å². The Bertz CT molecular complexity index is 3230. The smallest absolute Gasteiger partial charge is 0.160 e. The molecule has 55 heavy (non-hydrogen) atoms. The topological polar surface area (TPSA) is 38.9 Å². The van der Waals surface area contributed by atoms with E-state index in [0.29, 0.717) is 5.82 Å². The lowest BCUT2D eigenvalue weighted by atomic mass is 9.89. The zero-order valence-corrected chi connectivity index (χ0v) is 29.8. The SMILES string of the molecule is c1ccc(-c2cc(-c3ccc(-c4cccc5c4oc4ccccc45)cc3)nc(-c3ccc(-c4c5ccccc5cc5c4ccc4ccccc45)cc3)n2)cc1. The van der Waals surface area contributed by atoms with E-state index in [4.69, 9.17) is 14.4 Å². The molecular formula is C52H32N2O. The summed E-state index contributed by atoms with van der Waals surface area (Å²) in [6.07, 6.45) is 0. The Balaban J connectivity index is 1.01. The van der Waals surface area contributed by atoms with Gasteiger partial charge in [-0.1, -0.05) is 176 Å². The number of rotatable bonds is 5. The van der Waals surface area contributed by atoms with Crippen LogP contribution in [0.3, 0.4) is 0 Å². The van der Waals surface area contributed by atoms with Gasteiger partial charge in [0, 0.05) is 33.0 Å². The third-order valence-corrected chi connectivity index (χ3v) is 10.9. The molecule has 0 aliphatic heterocycles. The molecule has 0 fully saturated rings. The number of furan rings is 1. The van der Waals surface area contributed by atoms with Crippen molar-refractivity contribution in [2.75, 3.05) is 0 Å². The molecule has 11 rings (SSSR count). The van der Waals surface area contributed by atoms with Gasteiger partial charge in [0.2, 0.25) is 0 Å². The van der Waals surface area contributed by atoms with Crippen LogP contribution < -0.4 is 0 Å². The predicted molar refractivity (Wildman–Crippen MR) is 229 cm³/mol. The maximum absolute atomic E-state index is 6.36. The zero-order valence-electron chi connectivity index (χ0n) is 29.8. The summed E-state index contributed by atoms with van der Waals surface area (Å²) < 4.78 is 6.36. The molecule has 11 aromatic rings. The second-order valence-corrected chi connectivity index (χ2v) is 14.1. The van der Waals surface area contributed by atoms with Gasteiger partial charge in [0.15, 0.2) is 5.82 Å². The first-order valence-corrected chi connectivity index (χ1v) is 18.6. The molecule has 0 saturated heterocycles. The lowest BCUT2D eigenvalue weighted by molar-refractivity contribution is 0.670. The van der Waals surface area contributed by atoms with Crippen LogP contribution in [0.4, 0.5) is 0 Å². The van der Waals surface area contributed by atoms with Crippen molar-refractivity contribution in [1.29, 1.82) is 0 Å². The van der Waals surface area contributed by atoms with Crippen molar-refractivity contribution < 1.29 is 4.42 Å². The van der Waals surface area contributed by atoms with Crippen LogP contribution in [-0.4, -0.2) is 9.97 Å². The van der Waals surface area contributed by atoms with Crippen LogP contribution >= 0.6 is 0 Å². The van der Waals surface area contributed by atoms with Gasteiger partial charge >= 0.3 is 0 Å².